The second-order valence-electron chi connectivity index (χ2n) is 10.0. The maximum Gasteiger partial charge on any atom is 0.254 e. The Morgan fingerprint density at radius 3 is 2.41 bits per heavy atom. The first-order valence-corrected chi connectivity index (χ1v) is 12.9. The first-order chi connectivity index (χ1) is 17.9. The fourth-order valence-electron chi connectivity index (χ4n) is 5.05. The molecule has 4 rings (SSSR count). The Labute approximate surface area is 220 Å². The van der Waals surface area contributed by atoms with Gasteiger partial charge in [-0.2, -0.15) is 0 Å². The molecule has 1 aliphatic rings. The highest BCUT2D eigenvalue weighted by molar-refractivity contribution is 6.01. The van der Waals surface area contributed by atoms with Crippen molar-refractivity contribution in [2.24, 2.45) is 5.92 Å². The van der Waals surface area contributed by atoms with Gasteiger partial charge in [0, 0.05) is 36.7 Å². The van der Waals surface area contributed by atoms with Crippen molar-refractivity contribution in [2.75, 3.05) is 33.9 Å². The maximum atomic E-state index is 13.9. The molecule has 0 fully saturated rings. The van der Waals surface area contributed by atoms with Crippen molar-refractivity contribution in [2.45, 2.75) is 39.1 Å². The third-order valence-electron chi connectivity index (χ3n) is 7.22. The smallest absolute Gasteiger partial charge is 0.254 e. The van der Waals surface area contributed by atoms with E-state index in [9.17, 15) is 9.90 Å². The van der Waals surface area contributed by atoms with Gasteiger partial charge in [0.15, 0.2) is 0 Å². The number of benzene rings is 3. The number of nitrogens with zero attached hydrogens (tertiary/aromatic N) is 2. The number of rotatable bonds is 7. The Bertz CT molecular complexity index is 1200. The van der Waals surface area contributed by atoms with Gasteiger partial charge in [-0.15, -0.1) is 0 Å². The molecule has 0 saturated heterocycles. The molecule has 6 heteroatoms. The molecule has 0 aromatic heterocycles. The molecule has 0 unspecified atom stereocenters. The minimum atomic E-state index is -0.314. The van der Waals surface area contributed by atoms with Gasteiger partial charge in [-0.05, 0) is 42.8 Å². The van der Waals surface area contributed by atoms with Crippen LogP contribution in [-0.2, 0) is 17.9 Å². The molecular weight excluding hydrogens is 464 g/mol. The van der Waals surface area contributed by atoms with Crippen molar-refractivity contribution in [1.82, 2.24) is 9.80 Å². The Kier molecular flexibility index (Phi) is 8.98. The number of aliphatic hydroxyl groups is 1. The standard InChI is InChI=1S/C31H38N2O4/c1-22-17-33(23(2)20-34)31(35)28-15-9-8-14-27(28)26-13-7-5-12-25(26)21-37-30(22)19-32(3)18-24-11-6-10-16-29(24)36-4/h5-16,22-23,30,34H,17-21H2,1-4H3/t22-,23-,30-/m1/s1. The van der Waals surface area contributed by atoms with Gasteiger partial charge in [-0.1, -0.05) is 67.6 Å². The first-order valence-electron chi connectivity index (χ1n) is 12.9. The average Bonchev–Trinajstić information content (AvgIpc) is 2.94. The number of methoxy groups -OCH3 is 1. The zero-order valence-electron chi connectivity index (χ0n) is 22.3. The molecule has 1 N–H and O–H groups in total. The zero-order valence-corrected chi connectivity index (χ0v) is 22.3. The van der Waals surface area contributed by atoms with Crippen molar-refractivity contribution >= 4 is 5.91 Å². The molecule has 0 radical (unpaired) electrons. The van der Waals surface area contributed by atoms with E-state index in [-0.39, 0.29) is 30.6 Å². The summed E-state index contributed by atoms with van der Waals surface area (Å²) in [6, 6.07) is 23.6. The van der Waals surface area contributed by atoms with Gasteiger partial charge in [0.1, 0.15) is 5.75 Å². The predicted molar refractivity (Wildman–Crippen MR) is 147 cm³/mol. The minimum Gasteiger partial charge on any atom is -0.496 e. The number of ether oxygens (including phenoxy) is 2. The third-order valence-corrected chi connectivity index (χ3v) is 7.22. The molecule has 37 heavy (non-hydrogen) atoms. The molecule has 0 bridgehead atoms. The number of carbonyl (C=O) groups excluding carboxylic acids is 1. The van der Waals surface area contributed by atoms with Crippen molar-refractivity contribution in [1.29, 1.82) is 0 Å². The molecular formula is C31H38N2O4. The van der Waals surface area contributed by atoms with Crippen LogP contribution in [0.15, 0.2) is 72.8 Å². The molecule has 6 nitrogen and oxygen atoms in total. The lowest BCUT2D eigenvalue weighted by atomic mass is 9.94. The summed E-state index contributed by atoms with van der Waals surface area (Å²) in [6.45, 7) is 6.25. The van der Waals surface area contributed by atoms with E-state index in [0.717, 1.165) is 28.0 Å². The van der Waals surface area contributed by atoms with Gasteiger partial charge in [0.2, 0.25) is 0 Å². The number of likely N-dealkylation sites (N-methyl/N-ethyl adjacent to an activating group) is 1. The SMILES string of the molecule is COc1ccccc1CN(C)C[C@H]1OCc2ccccc2-c2ccccc2C(=O)N([C@H](C)CO)C[C@H]1C. The van der Waals surface area contributed by atoms with Gasteiger partial charge >= 0.3 is 0 Å². The molecule has 3 aromatic rings. The van der Waals surface area contributed by atoms with E-state index in [1.54, 1.807) is 12.0 Å². The van der Waals surface area contributed by atoms with Gasteiger partial charge in [-0.25, -0.2) is 0 Å². The molecule has 196 valence electrons. The van der Waals surface area contributed by atoms with Gasteiger partial charge in [-0.3, -0.25) is 9.69 Å². The Balaban J connectivity index is 1.67. The van der Waals surface area contributed by atoms with Crippen molar-refractivity contribution in [3.8, 4) is 16.9 Å². The average molecular weight is 503 g/mol. The zero-order chi connectivity index (χ0) is 26.4. The lowest BCUT2D eigenvalue weighted by Gasteiger charge is -2.35. The Morgan fingerprint density at radius 1 is 1.03 bits per heavy atom. The Morgan fingerprint density at radius 2 is 1.68 bits per heavy atom. The Hall–Kier alpha value is -3.19. The minimum absolute atomic E-state index is 0.0375. The molecule has 0 spiro atoms. The lowest BCUT2D eigenvalue weighted by molar-refractivity contribution is -0.0241. The summed E-state index contributed by atoms with van der Waals surface area (Å²) >= 11 is 0. The van der Waals surface area contributed by atoms with E-state index in [2.05, 4.69) is 37.1 Å². The van der Waals surface area contributed by atoms with Gasteiger partial charge < -0.3 is 19.5 Å². The fraction of sp³-hybridized carbons (Fsp3) is 0.387. The van der Waals surface area contributed by atoms with Crippen LogP contribution in [0.2, 0.25) is 0 Å². The number of hydrogen-bond donors (Lipinski definition) is 1. The van der Waals surface area contributed by atoms with Crippen LogP contribution >= 0.6 is 0 Å². The number of fused-ring (bicyclic) bond motifs is 3. The summed E-state index contributed by atoms with van der Waals surface area (Å²) in [5.41, 5.74) is 4.70. The number of aliphatic hydroxyl groups excluding tert-OH is 1. The van der Waals surface area contributed by atoms with Crippen LogP contribution in [0.4, 0.5) is 0 Å². The van der Waals surface area contributed by atoms with Crippen LogP contribution < -0.4 is 4.74 Å². The van der Waals surface area contributed by atoms with Crippen LogP contribution in [-0.4, -0.2) is 66.8 Å². The van der Waals surface area contributed by atoms with E-state index in [1.165, 1.54) is 0 Å². The number of hydrogen-bond acceptors (Lipinski definition) is 5. The first kappa shape index (κ1) is 26.9. The highest BCUT2D eigenvalue weighted by atomic mass is 16.5. The number of amides is 1. The lowest BCUT2D eigenvalue weighted by Crippen LogP contribution is -2.47. The van der Waals surface area contributed by atoms with E-state index in [0.29, 0.717) is 31.8 Å². The van der Waals surface area contributed by atoms with Gasteiger partial charge in [0.25, 0.3) is 5.91 Å². The molecule has 0 saturated carbocycles. The van der Waals surface area contributed by atoms with Gasteiger partial charge in [0.05, 0.1) is 32.5 Å². The quantitative estimate of drug-likeness (QED) is 0.500. The number of para-hydroxylation sites is 1. The monoisotopic (exact) mass is 502 g/mol. The summed E-state index contributed by atoms with van der Waals surface area (Å²) in [4.78, 5) is 17.9. The van der Waals surface area contributed by atoms with Crippen LogP contribution in [0.5, 0.6) is 5.75 Å². The van der Waals surface area contributed by atoms with Crippen molar-refractivity contribution in [3.63, 3.8) is 0 Å². The van der Waals surface area contributed by atoms with E-state index >= 15 is 0 Å². The maximum absolute atomic E-state index is 13.9. The van der Waals surface area contributed by atoms with E-state index in [1.807, 2.05) is 61.5 Å². The van der Waals surface area contributed by atoms with Crippen LogP contribution in [0.1, 0.15) is 35.3 Å². The second-order valence-corrected chi connectivity index (χ2v) is 10.0. The topological polar surface area (TPSA) is 62.2 Å². The van der Waals surface area contributed by atoms with Crippen LogP contribution in [0.25, 0.3) is 11.1 Å². The fourth-order valence-corrected chi connectivity index (χ4v) is 5.05. The summed E-state index contributed by atoms with van der Waals surface area (Å²) < 4.78 is 12.2. The predicted octanol–water partition coefficient (Wildman–Crippen LogP) is 4.85. The highest BCUT2D eigenvalue weighted by Gasteiger charge is 2.30. The van der Waals surface area contributed by atoms with Crippen molar-refractivity contribution in [3.05, 3.63) is 89.5 Å². The third kappa shape index (κ3) is 6.21. The van der Waals surface area contributed by atoms with E-state index in [4.69, 9.17) is 9.47 Å². The number of carbonyl (C=O) groups is 1. The molecule has 1 amide bonds. The largest absolute Gasteiger partial charge is 0.496 e. The highest BCUT2D eigenvalue weighted by Crippen LogP contribution is 2.31. The molecule has 3 aromatic carbocycles. The van der Waals surface area contributed by atoms with Crippen molar-refractivity contribution < 1.29 is 19.4 Å². The molecule has 0 aliphatic carbocycles. The van der Waals surface area contributed by atoms with Crippen LogP contribution in [0.3, 0.4) is 0 Å². The van der Waals surface area contributed by atoms with Crippen LogP contribution in [0, 0.1) is 5.92 Å². The normalized spacial score (nSPS) is 19.1. The summed E-state index contributed by atoms with van der Waals surface area (Å²) in [7, 11) is 3.77. The molecule has 1 heterocycles. The molecule has 1 aliphatic heterocycles. The summed E-state index contributed by atoms with van der Waals surface area (Å²) in [5.74, 6) is 0.836. The molecule has 3 atom stereocenters. The summed E-state index contributed by atoms with van der Waals surface area (Å²) in [6.07, 6.45) is -0.129. The summed E-state index contributed by atoms with van der Waals surface area (Å²) in [5, 5.41) is 10.0. The second kappa shape index (κ2) is 12.4. The van der Waals surface area contributed by atoms with E-state index < -0.39 is 0 Å².